The zero-order valence-corrected chi connectivity index (χ0v) is 10.2. The molecule has 86 valence electrons. The van der Waals surface area contributed by atoms with E-state index in [1.807, 2.05) is 6.20 Å². The molecule has 0 amide bonds. The molecule has 0 aliphatic heterocycles. The second-order valence-electron chi connectivity index (χ2n) is 5.94. The van der Waals surface area contributed by atoms with Gasteiger partial charge in [-0.15, -0.1) is 11.3 Å². The lowest BCUT2D eigenvalue weighted by atomic mass is 9.54. The van der Waals surface area contributed by atoms with Gasteiger partial charge in [-0.05, 0) is 55.8 Å². The lowest BCUT2D eigenvalue weighted by molar-refractivity contribution is 0.00753. The zero-order valence-electron chi connectivity index (χ0n) is 9.43. The van der Waals surface area contributed by atoms with Crippen molar-refractivity contribution in [1.82, 2.24) is 4.98 Å². The van der Waals surface area contributed by atoms with Crippen LogP contribution in [-0.2, 0) is 0 Å². The number of rotatable bonds is 2. The molecule has 0 unspecified atom stereocenters. The highest BCUT2D eigenvalue weighted by Gasteiger charge is 2.48. The predicted molar refractivity (Wildman–Crippen MR) is 66.6 cm³/mol. The molecular formula is C13H18N2S. The summed E-state index contributed by atoms with van der Waals surface area (Å²) in [6.45, 7) is 0. The van der Waals surface area contributed by atoms with E-state index in [1.54, 1.807) is 11.3 Å². The van der Waals surface area contributed by atoms with Crippen molar-refractivity contribution in [2.24, 2.45) is 23.7 Å². The maximum absolute atomic E-state index is 4.38. The molecular weight excluding hydrogens is 216 g/mol. The van der Waals surface area contributed by atoms with Gasteiger partial charge in [0.05, 0.1) is 0 Å². The lowest BCUT2D eigenvalue weighted by Crippen LogP contribution is -2.51. The third-order valence-corrected chi connectivity index (χ3v) is 5.65. The van der Waals surface area contributed by atoms with Crippen molar-refractivity contribution in [1.29, 1.82) is 0 Å². The number of thiazole rings is 1. The van der Waals surface area contributed by atoms with E-state index in [0.717, 1.165) is 34.8 Å². The van der Waals surface area contributed by atoms with E-state index < -0.39 is 0 Å². The minimum Gasteiger partial charge on any atom is -0.358 e. The predicted octanol–water partition coefficient (Wildman–Crippen LogP) is 3.38. The van der Waals surface area contributed by atoms with E-state index in [0.29, 0.717) is 0 Å². The van der Waals surface area contributed by atoms with Crippen LogP contribution in [0.4, 0.5) is 5.13 Å². The van der Waals surface area contributed by atoms with E-state index in [1.165, 1.54) is 32.1 Å². The Hall–Kier alpha value is -0.570. The number of nitrogens with zero attached hydrogens (tertiary/aromatic N) is 1. The van der Waals surface area contributed by atoms with E-state index in [-0.39, 0.29) is 0 Å². The van der Waals surface area contributed by atoms with Crippen LogP contribution >= 0.6 is 11.3 Å². The van der Waals surface area contributed by atoms with Gasteiger partial charge in [0.2, 0.25) is 0 Å². The number of aromatic nitrogens is 1. The van der Waals surface area contributed by atoms with E-state index in [4.69, 9.17) is 0 Å². The van der Waals surface area contributed by atoms with E-state index in [9.17, 15) is 0 Å². The van der Waals surface area contributed by atoms with Crippen molar-refractivity contribution >= 4 is 16.5 Å². The Morgan fingerprint density at radius 3 is 2.31 bits per heavy atom. The average Bonchev–Trinajstić information content (AvgIpc) is 2.75. The van der Waals surface area contributed by atoms with Gasteiger partial charge in [0.1, 0.15) is 0 Å². The van der Waals surface area contributed by atoms with Crippen LogP contribution in [0.1, 0.15) is 32.1 Å². The summed E-state index contributed by atoms with van der Waals surface area (Å²) in [6.07, 6.45) is 9.37. The summed E-state index contributed by atoms with van der Waals surface area (Å²) in [4.78, 5) is 4.38. The first kappa shape index (κ1) is 9.46. The highest BCUT2D eigenvalue weighted by molar-refractivity contribution is 7.13. The molecule has 5 rings (SSSR count). The van der Waals surface area contributed by atoms with Crippen LogP contribution < -0.4 is 5.32 Å². The molecule has 1 aromatic rings. The summed E-state index contributed by atoms with van der Waals surface area (Å²) in [5.74, 6) is 4.02. The Kier molecular flexibility index (Phi) is 2.05. The summed E-state index contributed by atoms with van der Waals surface area (Å²) < 4.78 is 0. The fourth-order valence-corrected chi connectivity index (χ4v) is 5.17. The van der Waals surface area contributed by atoms with Gasteiger partial charge in [-0.3, -0.25) is 0 Å². The molecule has 1 aromatic heterocycles. The largest absolute Gasteiger partial charge is 0.358 e. The topological polar surface area (TPSA) is 24.9 Å². The Balaban J connectivity index is 1.56. The Morgan fingerprint density at radius 2 is 1.75 bits per heavy atom. The highest BCUT2D eigenvalue weighted by Crippen LogP contribution is 2.54. The first-order chi connectivity index (χ1) is 7.88. The van der Waals surface area contributed by atoms with Crippen LogP contribution in [0.2, 0.25) is 0 Å². The summed E-state index contributed by atoms with van der Waals surface area (Å²) in [5, 5.41) is 6.92. The van der Waals surface area contributed by atoms with E-state index in [2.05, 4.69) is 15.7 Å². The third-order valence-electron chi connectivity index (χ3n) is 4.95. The van der Waals surface area contributed by atoms with Crippen molar-refractivity contribution < 1.29 is 0 Å². The van der Waals surface area contributed by atoms with E-state index >= 15 is 0 Å². The molecule has 0 atom stereocenters. The second kappa shape index (κ2) is 3.46. The fraction of sp³-hybridized carbons (Fsp3) is 0.769. The highest BCUT2D eigenvalue weighted by atomic mass is 32.1. The standard InChI is InChI=1S/C13H18N2S/c1-2-16-13(14-1)15-12-10-4-8-3-9(6-10)7-11(12)5-8/h1-2,8-12H,3-7H2,(H,14,15). The zero-order chi connectivity index (χ0) is 10.5. The maximum Gasteiger partial charge on any atom is 0.182 e. The van der Waals surface area contributed by atoms with Crippen LogP contribution in [0.15, 0.2) is 11.6 Å². The van der Waals surface area contributed by atoms with Gasteiger partial charge >= 0.3 is 0 Å². The summed E-state index contributed by atoms with van der Waals surface area (Å²) in [6, 6.07) is 0.735. The molecule has 0 radical (unpaired) electrons. The average molecular weight is 234 g/mol. The monoisotopic (exact) mass is 234 g/mol. The van der Waals surface area contributed by atoms with Crippen LogP contribution in [-0.4, -0.2) is 11.0 Å². The molecule has 4 fully saturated rings. The smallest absolute Gasteiger partial charge is 0.182 e. The van der Waals surface area contributed by atoms with Gasteiger partial charge in [0.25, 0.3) is 0 Å². The molecule has 0 spiro atoms. The summed E-state index contributed by atoms with van der Waals surface area (Å²) in [5.41, 5.74) is 0. The minimum atomic E-state index is 0.735. The SMILES string of the molecule is c1csc(NC2C3CC4CC(C3)CC2C4)n1. The van der Waals surface area contributed by atoms with Crippen molar-refractivity contribution in [3.63, 3.8) is 0 Å². The van der Waals surface area contributed by atoms with Crippen molar-refractivity contribution in [2.45, 2.75) is 38.1 Å². The van der Waals surface area contributed by atoms with Crippen LogP contribution in [0, 0.1) is 23.7 Å². The first-order valence-electron chi connectivity index (χ1n) is 6.54. The Labute approximate surface area is 100 Å². The maximum atomic E-state index is 4.38. The van der Waals surface area contributed by atoms with Gasteiger partial charge in [-0.2, -0.15) is 0 Å². The quantitative estimate of drug-likeness (QED) is 0.848. The number of nitrogens with one attached hydrogen (secondary N) is 1. The second-order valence-corrected chi connectivity index (χ2v) is 6.83. The summed E-state index contributed by atoms with van der Waals surface area (Å²) >= 11 is 1.75. The fourth-order valence-electron chi connectivity index (χ4n) is 4.60. The molecule has 1 N–H and O–H groups in total. The lowest BCUT2D eigenvalue weighted by Gasteiger charge is -2.54. The van der Waals surface area contributed by atoms with Crippen molar-refractivity contribution in [3.8, 4) is 0 Å². The molecule has 1 heterocycles. The van der Waals surface area contributed by atoms with Gasteiger partial charge in [0.15, 0.2) is 5.13 Å². The molecule has 0 saturated heterocycles. The normalized spacial score (nSPS) is 44.9. The van der Waals surface area contributed by atoms with Crippen molar-refractivity contribution in [3.05, 3.63) is 11.6 Å². The summed E-state index contributed by atoms with van der Waals surface area (Å²) in [7, 11) is 0. The van der Waals surface area contributed by atoms with Gasteiger partial charge in [0, 0.05) is 17.6 Å². The number of hydrogen-bond acceptors (Lipinski definition) is 3. The third kappa shape index (κ3) is 1.41. The number of anilines is 1. The molecule has 2 nitrogen and oxygen atoms in total. The van der Waals surface area contributed by atoms with Crippen LogP contribution in [0.5, 0.6) is 0 Å². The van der Waals surface area contributed by atoms with Crippen LogP contribution in [0.25, 0.3) is 0 Å². The molecule has 4 aliphatic rings. The van der Waals surface area contributed by atoms with Gasteiger partial charge in [-0.1, -0.05) is 0 Å². The molecule has 3 heteroatoms. The molecule has 4 aliphatic carbocycles. The molecule has 4 bridgehead atoms. The number of hydrogen-bond donors (Lipinski definition) is 1. The Bertz CT molecular complexity index is 345. The van der Waals surface area contributed by atoms with Gasteiger partial charge in [-0.25, -0.2) is 4.98 Å². The van der Waals surface area contributed by atoms with Crippen LogP contribution in [0.3, 0.4) is 0 Å². The Morgan fingerprint density at radius 1 is 1.06 bits per heavy atom. The first-order valence-corrected chi connectivity index (χ1v) is 7.42. The minimum absolute atomic E-state index is 0.735. The molecule has 0 aromatic carbocycles. The molecule has 4 saturated carbocycles. The molecule has 16 heavy (non-hydrogen) atoms. The van der Waals surface area contributed by atoms with Gasteiger partial charge < -0.3 is 5.32 Å². The van der Waals surface area contributed by atoms with Crippen molar-refractivity contribution in [2.75, 3.05) is 5.32 Å².